The second kappa shape index (κ2) is 8.91. The van der Waals surface area contributed by atoms with Crippen LogP contribution in [0.2, 0.25) is 0 Å². The van der Waals surface area contributed by atoms with E-state index in [0.717, 1.165) is 25.9 Å². The number of amides is 1. The first-order chi connectivity index (χ1) is 9.13. The maximum absolute atomic E-state index is 11.7. The predicted molar refractivity (Wildman–Crippen MR) is 73.9 cm³/mol. The summed E-state index contributed by atoms with van der Waals surface area (Å²) in [6.07, 6.45) is 5.20. The van der Waals surface area contributed by atoms with Gasteiger partial charge < -0.3 is 15.7 Å². The van der Waals surface area contributed by atoms with E-state index in [9.17, 15) is 9.59 Å². The molecule has 0 radical (unpaired) electrons. The molecule has 2 unspecified atom stereocenters. The monoisotopic (exact) mass is 270 g/mol. The molecule has 0 bridgehead atoms. The van der Waals surface area contributed by atoms with Crippen molar-refractivity contribution < 1.29 is 14.7 Å². The Kier molecular flexibility index (Phi) is 7.48. The second-order valence-electron chi connectivity index (χ2n) is 5.38. The third-order valence-corrected chi connectivity index (χ3v) is 3.71. The van der Waals surface area contributed by atoms with E-state index in [0.29, 0.717) is 18.8 Å². The van der Waals surface area contributed by atoms with E-state index >= 15 is 0 Å². The van der Waals surface area contributed by atoms with Gasteiger partial charge in [-0.25, -0.2) is 0 Å². The molecule has 0 spiro atoms. The minimum absolute atomic E-state index is 0.0204. The molecule has 1 saturated heterocycles. The molecule has 1 aliphatic heterocycles. The number of carbonyl (C=O) groups is 2. The maximum atomic E-state index is 11.7. The van der Waals surface area contributed by atoms with Gasteiger partial charge in [0.15, 0.2) is 0 Å². The zero-order chi connectivity index (χ0) is 14.1. The molecule has 1 aliphatic rings. The van der Waals surface area contributed by atoms with E-state index in [-0.39, 0.29) is 12.5 Å². The molecule has 1 amide bonds. The summed E-state index contributed by atoms with van der Waals surface area (Å²) >= 11 is 0. The quantitative estimate of drug-likeness (QED) is 0.622. The van der Waals surface area contributed by atoms with Crippen molar-refractivity contribution in [2.24, 2.45) is 11.8 Å². The van der Waals surface area contributed by atoms with Crippen LogP contribution in [0.15, 0.2) is 0 Å². The van der Waals surface area contributed by atoms with Gasteiger partial charge >= 0.3 is 5.97 Å². The van der Waals surface area contributed by atoms with Gasteiger partial charge in [-0.3, -0.25) is 9.59 Å². The van der Waals surface area contributed by atoms with Gasteiger partial charge in [-0.1, -0.05) is 13.3 Å². The van der Waals surface area contributed by atoms with Crippen LogP contribution < -0.4 is 10.6 Å². The van der Waals surface area contributed by atoms with Crippen molar-refractivity contribution in [3.05, 3.63) is 0 Å². The molecule has 5 nitrogen and oxygen atoms in total. The molecule has 5 heteroatoms. The zero-order valence-electron chi connectivity index (χ0n) is 11.8. The average molecular weight is 270 g/mol. The van der Waals surface area contributed by atoms with Crippen LogP contribution in [0, 0.1) is 11.8 Å². The molecule has 110 valence electrons. The lowest BCUT2D eigenvalue weighted by atomic mass is 9.94. The van der Waals surface area contributed by atoms with Crippen molar-refractivity contribution in [1.29, 1.82) is 0 Å². The van der Waals surface area contributed by atoms with Gasteiger partial charge in [0.05, 0.1) is 5.92 Å². The molecule has 1 rings (SSSR count). The van der Waals surface area contributed by atoms with Crippen molar-refractivity contribution in [2.45, 2.75) is 45.4 Å². The van der Waals surface area contributed by atoms with Crippen molar-refractivity contribution in [3.63, 3.8) is 0 Å². The van der Waals surface area contributed by atoms with Crippen molar-refractivity contribution in [3.8, 4) is 0 Å². The van der Waals surface area contributed by atoms with Crippen LogP contribution in [0.5, 0.6) is 0 Å². The van der Waals surface area contributed by atoms with Gasteiger partial charge in [-0.05, 0) is 44.7 Å². The normalized spacial score (nSPS) is 20.8. The molecule has 0 aromatic carbocycles. The number of piperidine rings is 1. The average Bonchev–Trinajstić information content (AvgIpc) is 2.42. The van der Waals surface area contributed by atoms with E-state index in [1.54, 1.807) is 0 Å². The molecule has 19 heavy (non-hydrogen) atoms. The molecule has 1 fully saturated rings. The molecule has 0 aromatic heterocycles. The van der Waals surface area contributed by atoms with Crippen LogP contribution in [-0.2, 0) is 9.59 Å². The Labute approximate surface area is 115 Å². The predicted octanol–water partition coefficient (Wildman–Crippen LogP) is 1.38. The van der Waals surface area contributed by atoms with Crippen LogP contribution in [0.1, 0.15) is 45.4 Å². The molecule has 0 aromatic rings. The lowest BCUT2D eigenvalue weighted by Crippen LogP contribution is -2.34. The fourth-order valence-corrected chi connectivity index (χ4v) is 2.49. The Balaban J connectivity index is 2.17. The molecule has 0 saturated carbocycles. The summed E-state index contributed by atoms with van der Waals surface area (Å²) in [7, 11) is 0. The molecule has 2 atom stereocenters. The molecular formula is C14H26N2O3. The summed E-state index contributed by atoms with van der Waals surface area (Å²) in [5.74, 6) is -0.706. The first-order valence-electron chi connectivity index (χ1n) is 7.33. The summed E-state index contributed by atoms with van der Waals surface area (Å²) in [5.41, 5.74) is 0. The standard InChI is InChI=1S/C14H26N2O3/c1-2-4-12(14(18)19)10-16-13(17)7-6-11-5-3-8-15-9-11/h11-12,15H,2-10H2,1H3,(H,16,17)(H,18,19). The smallest absolute Gasteiger partial charge is 0.308 e. The van der Waals surface area contributed by atoms with Crippen LogP contribution in [-0.4, -0.2) is 36.6 Å². The highest BCUT2D eigenvalue weighted by atomic mass is 16.4. The first kappa shape index (κ1) is 16.0. The number of rotatable bonds is 8. The number of hydrogen-bond acceptors (Lipinski definition) is 3. The highest BCUT2D eigenvalue weighted by Gasteiger charge is 2.18. The van der Waals surface area contributed by atoms with Crippen LogP contribution in [0.25, 0.3) is 0 Å². The molecule has 0 aliphatic carbocycles. The summed E-state index contributed by atoms with van der Waals surface area (Å²) < 4.78 is 0. The lowest BCUT2D eigenvalue weighted by molar-refractivity contribution is -0.141. The lowest BCUT2D eigenvalue weighted by Gasteiger charge is -2.22. The number of nitrogens with one attached hydrogen (secondary N) is 2. The van der Waals surface area contributed by atoms with E-state index in [1.165, 1.54) is 12.8 Å². The van der Waals surface area contributed by atoms with E-state index in [4.69, 9.17) is 5.11 Å². The third-order valence-electron chi connectivity index (χ3n) is 3.71. The van der Waals surface area contributed by atoms with Gasteiger partial charge in [0.2, 0.25) is 5.91 Å². The van der Waals surface area contributed by atoms with Crippen LogP contribution in [0.3, 0.4) is 0 Å². The summed E-state index contributed by atoms with van der Waals surface area (Å²) in [6.45, 7) is 4.29. The number of carboxylic acids is 1. The van der Waals surface area contributed by atoms with Gasteiger partial charge in [0, 0.05) is 13.0 Å². The summed E-state index contributed by atoms with van der Waals surface area (Å²) in [5, 5.41) is 15.1. The van der Waals surface area contributed by atoms with Crippen LogP contribution >= 0.6 is 0 Å². The maximum Gasteiger partial charge on any atom is 0.308 e. The Morgan fingerprint density at radius 1 is 1.47 bits per heavy atom. The topological polar surface area (TPSA) is 78.4 Å². The highest BCUT2D eigenvalue weighted by Crippen LogP contribution is 2.15. The molecule has 1 heterocycles. The summed E-state index contributed by atoms with van der Waals surface area (Å²) in [6, 6.07) is 0. The molecule has 3 N–H and O–H groups in total. The van der Waals surface area contributed by atoms with Gasteiger partial charge in [0.25, 0.3) is 0 Å². The number of hydrogen-bond donors (Lipinski definition) is 3. The minimum atomic E-state index is -0.821. The largest absolute Gasteiger partial charge is 0.481 e. The minimum Gasteiger partial charge on any atom is -0.481 e. The zero-order valence-corrected chi connectivity index (χ0v) is 11.8. The fourth-order valence-electron chi connectivity index (χ4n) is 2.49. The van der Waals surface area contributed by atoms with Gasteiger partial charge in [-0.2, -0.15) is 0 Å². The van der Waals surface area contributed by atoms with Crippen LogP contribution in [0.4, 0.5) is 0 Å². The second-order valence-corrected chi connectivity index (χ2v) is 5.38. The van der Waals surface area contributed by atoms with E-state index in [2.05, 4.69) is 10.6 Å². The number of carbonyl (C=O) groups excluding carboxylic acids is 1. The Hall–Kier alpha value is -1.10. The van der Waals surface area contributed by atoms with E-state index < -0.39 is 11.9 Å². The Morgan fingerprint density at radius 2 is 2.26 bits per heavy atom. The van der Waals surface area contributed by atoms with Crippen molar-refractivity contribution >= 4 is 11.9 Å². The van der Waals surface area contributed by atoms with E-state index in [1.807, 2.05) is 6.92 Å². The SMILES string of the molecule is CCCC(CNC(=O)CCC1CCCNC1)C(=O)O. The highest BCUT2D eigenvalue weighted by molar-refractivity contribution is 5.77. The van der Waals surface area contributed by atoms with Crippen molar-refractivity contribution in [2.75, 3.05) is 19.6 Å². The van der Waals surface area contributed by atoms with Crippen molar-refractivity contribution in [1.82, 2.24) is 10.6 Å². The molecular weight excluding hydrogens is 244 g/mol. The van der Waals surface area contributed by atoms with Gasteiger partial charge in [0.1, 0.15) is 0 Å². The Morgan fingerprint density at radius 3 is 2.84 bits per heavy atom. The first-order valence-corrected chi connectivity index (χ1v) is 7.33. The Bertz CT molecular complexity index is 288. The number of carboxylic acid groups (broad SMARTS) is 1. The fraction of sp³-hybridized carbons (Fsp3) is 0.857. The van der Waals surface area contributed by atoms with Gasteiger partial charge in [-0.15, -0.1) is 0 Å². The third kappa shape index (κ3) is 6.57. The summed E-state index contributed by atoms with van der Waals surface area (Å²) in [4.78, 5) is 22.6. The number of aliphatic carboxylic acids is 1.